The summed E-state index contributed by atoms with van der Waals surface area (Å²) >= 11 is 0. The van der Waals surface area contributed by atoms with E-state index in [-0.39, 0.29) is 0 Å². The lowest BCUT2D eigenvalue weighted by Gasteiger charge is -2.12. The zero-order valence-electron chi connectivity index (χ0n) is 8.36. The van der Waals surface area contributed by atoms with Crippen LogP contribution in [0.4, 0.5) is 5.69 Å². The van der Waals surface area contributed by atoms with Crippen molar-refractivity contribution in [3.8, 4) is 0 Å². The quantitative estimate of drug-likeness (QED) is 0.778. The molecule has 1 aliphatic heterocycles. The van der Waals surface area contributed by atoms with E-state index in [0.717, 1.165) is 36.2 Å². The van der Waals surface area contributed by atoms with Crippen LogP contribution in [-0.2, 0) is 0 Å². The fourth-order valence-electron chi connectivity index (χ4n) is 1.99. The van der Waals surface area contributed by atoms with Gasteiger partial charge in [-0.2, -0.15) is 0 Å². The molecule has 2 aromatic rings. The Bertz CT molecular complexity index is 460. The lowest BCUT2D eigenvalue weighted by Crippen LogP contribution is -2.22. The molecule has 1 saturated heterocycles. The Morgan fingerprint density at radius 1 is 1.47 bits per heavy atom. The molecule has 78 valence electrons. The number of nitrogens with zero attached hydrogens (tertiary/aromatic N) is 1. The molecule has 1 aliphatic rings. The molecular weight excluding hydrogens is 190 g/mol. The molecule has 15 heavy (non-hydrogen) atoms. The van der Waals surface area contributed by atoms with Crippen molar-refractivity contribution in [3.63, 3.8) is 0 Å². The van der Waals surface area contributed by atoms with Crippen LogP contribution in [0.25, 0.3) is 11.0 Å². The third-order valence-corrected chi connectivity index (χ3v) is 2.78. The van der Waals surface area contributed by atoms with Gasteiger partial charge < -0.3 is 15.1 Å². The molecular formula is C11H13N3O. The summed E-state index contributed by atoms with van der Waals surface area (Å²) in [5.74, 6) is 0. The Morgan fingerprint density at radius 2 is 2.47 bits per heavy atom. The van der Waals surface area contributed by atoms with Gasteiger partial charge in [-0.1, -0.05) is 0 Å². The topological polar surface area (TPSA) is 50.1 Å². The Balaban J connectivity index is 1.92. The van der Waals surface area contributed by atoms with E-state index in [9.17, 15) is 0 Å². The number of pyridine rings is 1. The van der Waals surface area contributed by atoms with E-state index in [4.69, 9.17) is 4.42 Å². The zero-order valence-corrected chi connectivity index (χ0v) is 8.36. The zero-order chi connectivity index (χ0) is 10.1. The van der Waals surface area contributed by atoms with Crippen LogP contribution >= 0.6 is 0 Å². The van der Waals surface area contributed by atoms with E-state index in [1.165, 1.54) is 0 Å². The fraction of sp³-hybridized carbons (Fsp3) is 0.364. The summed E-state index contributed by atoms with van der Waals surface area (Å²) in [7, 11) is 0. The summed E-state index contributed by atoms with van der Waals surface area (Å²) in [6, 6.07) is 2.42. The molecule has 0 aliphatic carbocycles. The van der Waals surface area contributed by atoms with Crippen LogP contribution in [0.3, 0.4) is 0 Å². The van der Waals surface area contributed by atoms with Crippen molar-refractivity contribution < 1.29 is 4.42 Å². The highest BCUT2D eigenvalue weighted by Crippen LogP contribution is 2.23. The fourth-order valence-corrected chi connectivity index (χ4v) is 1.99. The number of aromatic nitrogens is 1. The molecule has 4 heteroatoms. The number of hydrogen-bond donors (Lipinski definition) is 2. The second-order valence-corrected chi connectivity index (χ2v) is 3.86. The first-order valence-electron chi connectivity index (χ1n) is 5.22. The van der Waals surface area contributed by atoms with E-state index >= 15 is 0 Å². The highest BCUT2D eigenvalue weighted by molar-refractivity contribution is 5.87. The van der Waals surface area contributed by atoms with Crippen LogP contribution in [0, 0.1) is 0 Å². The number of furan rings is 1. The minimum absolute atomic E-state index is 0.488. The first-order chi connectivity index (χ1) is 7.43. The van der Waals surface area contributed by atoms with Gasteiger partial charge in [0.2, 0.25) is 0 Å². The normalized spacial score (nSPS) is 20.9. The van der Waals surface area contributed by atoms with E-state index in [2.05, 4.69) is 15.6 Å². The standard InChI is InChI=1S/C11H13N3O/c1-3-12-6-9(1)14-10-7-13-5-8-2-4-15-11(8)10/h2,4-5,7,9,12,14H,1,3,6H2/t9-/m0/s1. The van der Waals surface area contributed by atoms with Crippen LogP contribution in [0.5, 0.6) is 0 Å². The predicted molar refractivity (Wildman–Crippen MR) is 58.9 cm³/mol. The van der Waals surface area contributed by atoms with Gasteiger partial charge in [-0.05, 0) is 19.0 Å². The van der Waals surface area contributed by atoms with Gasteiger partial charge in [-0.3, -0.25) is 4.98 Å². The van der Waals surface area contributed by atoms with Gasteiger partial charge in [0.15, 0.2) is 5.58 Å². The summed E-state index contributed by atoms with van der Waals surface area (Å²) in [6.07, 6.45) is 6.49. The van der Waals surface area contributed by atoms with Gasteiger partial charge in [-0.25, -0.2) is 0 Å². The Hall–Kier alpha value is -1.55. The Kier molecular flexibility index (Phi) is 2.07. The van der Waals surface area contributed by atoms with Gasteiger partial charge in [0.05, 0.1) is 18.1 Å². The van der Waals surface area contributed by atoms with Gasteiger partial charge in [0.1, 0.15) is 0 Å². The largest absolute Gasteiger partial charge is 0.462 e. The highest BCUT2D eigenvalue weighted by Gasteiger charge is 2.15. The second-order valence-electron chi connectivity index (χ2n) is 3.86. The lowest BCUT2D eigenvalue weighted by molar-refractivity contribution is 0.615. The molecule has 1 atom stereocenters. The monoisotopic (exact) mass is 203 g/mol. The van der Waals surface area contributed by atoms with Crippen molar-refractivity contribution in [1.82, 2.24) is 10.3 Å². The average molecular weight is 203 g/mol. The molecule has 2 N–H and O–H groups in total. The second kappa shape index (κ2) is 3.55. The summed E-state index contributed by atoms with van der Waals surface area (Å²) in [4.78, 5) is 4.18. The molecule has 0 unspecified atom stereocenters. The van der Waals surface area contributed by atoms with Crippen LogP contribution in [-0.4, -0.2) is 24.1 Å². The lowest BCUT2D eigenvalue weighted by atomic mass is 10.2. The molecule has 0 radical (unpaired) electrons. The predicted octanol–water partition coefficient (Wildman–Crippen LogP) is 1.60. The summed E-state index contributed by atoms with van der Waals surface area (Å²) in [5.41, 5.74) is 1.89. The van der Waals surface area contributed by atoms with Crippen LogP contribution in [0.1, 0.15) is 6.42 Å². The summed E-state index contributed by atoms with van der Waals surface area (Å²) < 4.78 is 5.44. The molecule has 4 nitrogen and oxygen atoms in total. The first kappa shape index (κ1) is 8.73. The van der Waals surface area contributed by atoms with Crippen molar-refractivity contribution in [2.75, 3.05) is 18.4 Å². The molecule has 0 saturated carbocycles. The molecule has 0 aromatic carbocycles. The minimum Gasteiger partial charge on any atom is -0.462 e. The van der Waals surface area contributed by atoms with E-state index in [1.54, 1.807) is 6.26 Å². The molecule has 3 rings (SSSR count). The maximum Gasteiger partial charge on any atom is 0.160 e. The molecule has 0 amide bonds. The Labute approximate surface area is 87.7 Å². The van der Waals surface area contributed by atoms with E-state index in [0.29, 0.717) is 6.04 Å². The average Bonchev–Trinajstić information content (AvgIpc) is 2.87. The van der Waals surface area contributed by atoms with E-state index < -0.39 is 0 Å². The molecule has 1 fully saturated rings. The minimum atomic E-state index is 0.488. The first-order valence-corrected chi connectivity index (χ1v) is 5.22. The maximum absolute atomic E-state index is 5.44. The number of nitrogens with one attached hydrogen (secondary N) is 2. The SMILES string of the molecule is c1cc2cncc(N[C@H]3CCNC3)c2o1. The van der Waals surface area contributed by atoms with Crippen LogP contribution < -0.4 is 10.6 Å². The third kappa shape index (κ3) is 1.57. The third-order valence-electron chi connectivity index (χ3n) is 2.78. The summed E-state index contributed by atoms with van der Waals surface area (Å²) in [5, 5.41) is 7.82. The van der Waals surface area contributed by atoms with E-state index in [1.807, 2.05) is 18.5 Å². The van der Waals surface area contributed by atoms with Gasteiger partial charge in [-0.15, -0.1) is 0 Å². The van der Waals surface area contributed by atoms with Gasteiger partial charge in [0, 0.05) is 24.2 Å². The molecule has 2 aromatic heterocycles. The number of anilines is 1. The Morgan fingerprint density at radius 3 is 3.33 bits per heavy atom. The van der Waals surface area contributed by atoms with Crippen molar-refractivity contribution >= 4 is 16.7 Å². The van der Waals surface area contributed by atoms with Crippen molar-refractivity contribution in [1.29, 1.82) is 0 Å². The number of rotatable bonds is 2. The van der Waals surface area contributed by atoms with Crippen molar-refractivity contribution in [2.24, 2.45) is 0 Å². The van der Waals surface area contributed by atoms with Crippen LogP contribution in [0.15, 0.2) is 29.1 Å². The number of hydrogen-bond acceptors (Lipinski definition) is 4. The molecule has 0 bridgehead atoms. The highest BCUT2D eigenvalue weighted by atomic mass is 16.3. The number of fused-ring (bicyclic) bond motifs is 1. The van der Waals surface area contributed by atoms with Gasteiger partial charge in [0.25, 0.3) is 0 Å². The maximum atomic E-state index is 5.44. The van der Waals surface area contributed by atoms with Crippen molar-refractivity contribution in [2.45, 2.75) is 12.5 Å². The van der Waals surface area contributed by atoms with Crippen molar-refractivity contribution in [3.05, 3.63) is 24.7 Å². The molecule has 3 heterocycles. The smallest absolute Gasteiger partial charge is 0.160 e. The van der Waals surface area contributed by atoms with Crippen LogP contribution in [0.2, 0.25) is 0 Å². The van der Waals surface area contributed by atoms with Gasteiger partial charge >= 0.3 is 0 Å². The molecule has 0 spiro atoms. The summed E-state index contributed by atoms with van der Waals surface area (Å²) in [6.45, 7) is 2.09.